The largest absolute Gasteiger partial charge is 0.346 e. The van der Waals surface area contributed by atoms with Crippen LogP contribution in [0, 0.1) is 11.6 Å². The summed E-state index contributed by atoms with van der Waals surface area (Å²) in [5.41, 5.74) is 2.65. The predicted molar refractivity (Wildman–Crippen MR) is 77.7 cm³/mol. The topological polar surface area (TPSA) is 40.7 Å². The number of halogens is 2. The minimum atomic E-state index is -0.825. The summed E-state index contributed by atoms with van der Waals surface area (Å²) in [5, 5.41) is 4.36. The SMILES string of the molecule is CC(NCc1c[nH]c2ncccc12)c1ccc(F)c(F)c1. The Morgan fingerprint density at radius 3 is 2.90 bits per heavy atom. The van der Waals surface area contributed by atoms with Crippen molar-refractivity contribution in [1.82, 2.24) is 15.3 Å². The summed E-state index contributed by atoms with van der Waals surface area (Å²) < 4.78 is 26.2. The third kappa shape index (κ3) is 2.78. The zero-order chi connectivity index (χ0) is 14.8. The van der Waals surface area contributed by atoms with Gasteiger partial charge in [0.1, 0.15) is 5.65 Å². The number of nitrogens with zero attached hydrogens (tertiary/aromatic N) is 1. The van der Waals surface area contributed by atoms with Crippen molar-refractivity contribution in [1.29, 1.82) is 0 Å². The average Bonchev–Trinajstić information content (AvgIpc) is 2.91. The maximum Gasteiger partial charge on any atom is 0.159 e. The number of aromatic amines is 1. The number of fused-ring (bicyclic) bond motifs is 1. The third-order valence-electron chi connectivity index (χ3n) is 3.58. The van der Waals surface area contributed by atoms with Gasteiger partial charge in [-0.2, -0.15) is 0 Å². The lowest BCUT2D eigenvalue weighted by Gasteiger charge is -2.14. The van der Waals surface area contributed by atoms with E-state index in [4.69, 9.17) is 0 Å². The second-order valence-corrected chi connectivity index (χ2v) is 4.99. The van der Waals surface area contributed by atoms with Crippen molar-refractivity contribution >= 4 is 11.0 Å². The second-order valence-electron chi connectivity index (χ2n) is 4.99. The van der Waals surface area contributed by atoms with Crippen LogP contribution in [-0.4, -0.2) is 9.97 Å². The summed E-state index contributed by atoms with van der Waals surface area (Å²) in [6.07, 6.45) is 3.64. The number of H-pyrrole nitrogens is 1. The molecule has 108 valence electrons. The van der Waals surface area contributed by atoms with Gasteiger partial charge in [-0.05, 0) is 42.3 Å². The van der Waals surface area contributed by atoms with Gasteiger partial charge in [-0.3, -0.25) is 0 Å². The Balaban J connectivity index is 1.73. The highest BCUT2D eigenvalue weighted by Gasteiger charge is 2.10. The molecule has 0 fully saturated rings. The normalized spacial score (nSPS) is 12.7. The molecule has 0 spiro atoms. The molecule has 2 aromatic heterocycles. The van der Waals surface area contributed by atoms with E-state index < -0.39 is 11.6 Å². The fourth-order valence-corrected chi connectivity index (χ4v) is 2.32. The van der Waals surface area contributed by atoms with Crippen LogP contribution < -0.4 is 5.32 Å². The number of nitrogens with one attached hydrogen (secondary N) is 2. The smallest absolute Gasteiger partial charge is 0.159 e. The maximum absolute atomic E-state index is 13.2. The molecule has 1 atom stereocenters. The van der Waals surface area contributed by atoms with Gasteiger partial charge in [-0.1, -0.05) is 6.07 Å². The lowest BCUT2D eigenvalue weighted by Crippen LogP contribution is -2.18. The molecule has 1 unspecified atom stereocenters. The molecule has 0 saturated carbocycles. The van der Waals surface area contributed by atoms with Crippen molar-refractivity contribution < 1.29 is 8.78 Å². The molecule has 3 nitrogen and oxygen atoms in total. The van der Waals surface area contributed by atoms with Gasteiger partial charge < -0.3 is 10.3 Å². The van der Waals surface area contributed by atoms with Gasteiger partial charge in [0, 0.05) is 30.4 Å². The highest BCUT2D eigenvalue weighted by Crippen LogP contribution is 2.19. The number of pyridine rings is 1. The summed E-state index contributed by atoms with van der Waals surface area (Å²) in [5.74, 6) is -1.65. The molecule has 3 aromatic rings. The van der Waals surface area contributed by atoms with Gasteiger partial charge in [0.25, 0.3) is 0 Å². The van der Waals surface area contributed by atoms with Crippen LogP contribution in [0.4, 0.5) is 8.78 Å². The number of aromatic nitrogens is 2. The van der Waals surface area contributed by atoms with Crippen LogP contribution in [0.5, 0.6) is 0 Å². The van der Waals surface area contributed by atoms with Crippen molar-refractivity contribution in [3.63, 3.8) is 0 Å². The molecule has 0 aliphatic carbocycles. The van der Waals surface area contributed by atoms with Gasteiger partial charge >= 0.3 is 0 Å². The van der Waals surface area contributed by atoms with Gasteiger partial charge in [0.15, 0.2) is 11.6 Å². The summed E-state index contributed by atoms with van der Waals surface area (Å²) in [7, 11) is 0. The molecule has 5 heteroatoms. The number of hydrogen-bond donors (Lipinski definition) is 2. The quantitative estimate of drug-likeness (QED) is 0.768. The standard InChI is InChI=1S/C16H15F2N3/c1-10(11-4-5-14(17)15(18)7-11)20-8-12-9-21-16-13(12)3-2-6-19-16/h2-7,9-10,20H,8H2,1H3,(H,19,21). The van der Waals surface area contributed by atoms with Gasteiger partial charge in [0.2, 0.25) is 0 Å². The summed E-state index contributed by atoms with van der Waals surface area (Å²) in [6.45, 7) is 2.53. The Hall–Kier alpha value is -2.27. The molecule has 2 N–H and O–H groups in total. The molecule has 21 heavy (non-hydrogen) atoms. The lowest BCUT2D eigenvalue weighted by atomic mass is 10.1. The van der Waals surface area contributed by atoms with E-state index >= 15 is 0 Å². The molecule has 0 amide bonds. The van der Waals surface area contributed by atoms with Crippen LogP contribution in [0.3, 0.4) is 0 Å². The van der Waals surface area contributed by atoms with E-state index in [2.05, 4.69) is 15.3 Å². The Bertz CT molecular complexity index is 767. The van der Waals surface area contributed by atoms with Gasteiger partial charge in [-0.15, -0.1) is 0 Å². The van der Waals surface area contributed by atoms with Crippen molar-refractivity contribution in [3.8, 4) is 0 Å². The van der Waals surface area contributed by atoms with E-state index in [0.29, 0.717) is 12.1 Å². The predicted octanol–water partition coefficient (Wildman–Crippen LogP) is 3.69. The molecule has 2 heterocycles. The fraction of sp³-hybridized carbons (Fsp3) is 0.188. The van der Waals surface area contributed by atoms with Crippen molar-refractivity contribution in [2.45, 2.75) is 19.5 Å². The lowest BCUT2D eigenvalue weighted by molar-refractivity contribution is 0.501. The molecule has 0 radical (unpaired) electrons. The van der Waals surface area contributed by atoms with Crippen molar-refractivity contribution in [2.24, 2.45) is 0 Å². The Morgan fingerprint density at radius 1 is 1.24 bits per heavy atom. The first-order chi connectivity index (χ1) is 10.1. The minimum absolute atomic E-state index is 0.0817. The zero-order valence-electron chi connectivity index (χ0n) is 11.5. The Labute approximate surface area is 121 Å². The molecule has 0 saturated heterocycles. The summed E-state index contributed by atoms with van der Waals surface area (Å²) in [4.78, 5) is 7.34. The molecule has 0 aliphatic rings. The number of hydrogen-bond acceptors (Lipinski definition) is 2. The zero-order valence-corrected chi connectivity index (χ0v) is 11.5. The highest BCUT2D eigenvalue weighted by atomic mass is 19.2. The Kier molecular flexibility index (Phi) is 3.66. The highest BCUT2D eigenvalue weighted by molar-refractivity contribution is 5.79. The summed E-state index contributed by atoms with van der Waals surface area (Å²) in [6, 6.07) is 7.77. The number of rotatable bonds is 4. The fourth-order valence-electron chi connectivity index (χ4n) is 2.32. The van der Waals surface area contributed by atoms with Crippen molar-refractivity contribution in [3.05, 3.63) is 65.5 Å². The minimum Gasteiger partial charge on any atom is -0.346 e. The second kappa shape index (κ2) is 5.61. The molecule has 0 aliphatic heterocycles. The van der Waals surface area contributed by atoms with E-state index in [-0.39, 0.29) is 6.04 Å². The molecule has 0 bridgehead atoms. The van der Waals surface area contributed by atoms with Crippen LogP contribution in [0.15, 0.2) is 42.7 Å². The van der Waals surface area contributed by atoms with Crippen LogP contribution in [0.25, 0.3) is 11.0 Å². The molecular weight excluding hydrogens is 272 g/mol. The van der Waals surface area contributed by atoms with Crippen LogP contribution >= 0.6 is 0 Å². The van der Waals surface area contributed by atoms with Crippen LogP contribution in [-0.2, 0) is 6.54 Å². The van der Waals surface area contributed by atoms with Crippen LogP contribution in [0.1, 0.15) is 24.1 Å². The first kappa shape index (κ1) is 13.7. The third-order valence-corrected chi connectivity index (χ3v) is 3.58. The first-order valence-electron chi connectivity index (χ1n) is 6.74. The molecular formula is C16H15F2N3. The monoisotopic (exact) mass is 287 g/mol. The van der Waals surface area contributed by atoms with E-state index in [9.17, 15) is 8.78 Å². The van der Waals surface area contributed by atoms with Gasteiger partial charge in [-0.25, -0.2) is 13.8 Å². The van der Waals surface area contributed by atoms with E-state index in [1.807, 2.05) is 25.3 Å². The van der Waals surface area contributed by atoms with Gasteiger partial charge in [0.05, 0.1) is 0 Å². The molecule has 3 rings (SSSR count). The Morgan fingerprint density at radius 2 is 2.10 bits per heavy atom. The summed E-state index contributed by atoms with van der Waals surface area (Å²) >= 11 is 0. The molecule has 1 aromatic carbocycles. The number of benzene rings is 1. The first-order valence-corrected chi connectivity index (χ1v) is 6.74. The maximum atomic E-state index is 13.2. The van der Waals surface area contributed by atoms with E-state index in [1.165, 1.54) is 6.07 Å². The average molecular weight is 287 g/mol. The van der Waals surface area contributed by atoms with E-state index in [1.54, 1.807) is 12.3 Å². The van der Waals surface area contributed by atoms with Crippen molar-refractivity contribution in [2.75, 3.05) is 0 Å². The van der Waals surface area contributed by atoms with E-state index in [0.717, 1.165) is 22.7 Å². The van der Waals surface area contributed by atoms with Crippen LogP contribution in [0.2, 0.25) is 0 Å².